The summed E-state index contributed by atoms with van der Waals surface area (Å²) in [6.07, 6.45) is 0. The summed E-state index contributed by atoms with van der Waals surface area (Å²) >= 11 is 2.59. The molecule has 5 aromatic rings. The summed E-state index contributed by atoms with van der Waals surface area (Å²) in [5.41, 5.74) is 2.59. The molecule has 0 spiro atoms. The molecule has 1 atom stereocenters. The Kier molecular flexibility index (Phi) is 8.10. The lowest BCUT2D eigenvalue weighted by Gasteiger charge is -2.17. The van der Waals surface area contributed by atoms with E-state index in [2.05, 4.69) is 15.6 Å². The average molecular weight is 558 g/mol. The molecule has 0 saturated heterocycles. The Morgan fingerprint density at radius 1 is 0.821 bits per heavy atom. The van der Waals surface area contributed by atoms with Crippen LogP contribution >= 0.6 is 23.1 Å². The van der Waals surface area contributed by atoms with E-state index in [1.165, 1.54) is 53.4 Å². The van der Waals surface area contributed by atoms with Crippen LogP contribution in [0.25, 0.3) is 11.3 Å². The summed E-state index contributed by atoms with van der Waals surface area (Å²) in [6.45, 7) is 0. The number of benzene rings is 4. The lowest BCUT2D eigenvalue weighted by Crippen LogP contribution is -2.19. The molecule has 5 nitrogen and oxygen atoms in total. The molecule has 1 aromatic heterocycles. The topological polar surface area (TPSA) is 71.1 Å². The molecule has 0 aliphatic carbocycles. The molecule has 39 heavy (non-hydrogen) atoms. The van der Waals surface area contributed by atoms with Crippen molar-refractivity contribution >= 4 is 45.7 Å². The average Bonchev–Trinajstić information content (AvgIpc) is 3.41. The number of anilines is 2. The monoisotopic (exact) mass is 557 g/mol. The minimum Gasteiger partial charge on any atom is -0.322 e. The maximum atomic E-state index is 14.0. The lowest BCUT2D eigenvalue weighted by molar-refractivity contribution is -0.115. The van der Waals surface area contributed by atoms with Crippen LogP contribution in [-0.2, 0) is 4.79 Å². The standard InChI is InChI=1S/C30H21F2N3O2S2/c31-21-15-13-19(14-16-21)26-18-38-30(34-26)35-29(37)27(20-7-2-1-3-8-20)39-23-10-6-9-22(17-23)33-28(36)24-11-4-5-12-25(24)32/h1-18,27H,(H,33,36)(H,34,35,37). The van der Waals surface area contributed by atoms with Crippen molar-refractivity contribution in [3.05, 3.63) is 131 Å². The zero-order chi connectivity index (χ0) is 27.2. The van der Waals surface area contributed by atoms with Crippen molar-refractivity contribution in [3.63, 3.8) is 0 Å². The van der Waals surface area contributed by atoms with Crippen LogP contribution in [0.1, 0.15) is 21.2 Å². The van der Waals surface area contributed by atoms with Crippen LogP contribution in [0.15, 0.2) is 113 Å². The summed E-state index contributed by atoms with van der Waals surface area (Å²) in [4.78, 5) is 31.3. The molecule has 0 aliphatic heterocycles. The summed E-state index contributed by atoms with van der Waals surface area (Å²) in [7, 11) is 0. The molecule has 4 aromatic carbocycles. The van der Waals surface area contributed by atoms with Crippen molar-refractivity contribution in [3.8, 4) is 11.3 Å². The van der Waals surface area contributed by atoms with Crippen molar-refractivity contribution < 1.29 is 18.4 Å². The number of nitrogens with one attached hydrogen (secondary N) is 2. The van der Waals surface area contributed by atoms with Gasteiger partial charge in [-0.25, -0.2) is 13.8 Å². The molecule has 0 saturated carbocycles. The van der Waals surface area contributed by atoms with Crippen LogP contribution < -0.4 is 10.6 Å². The number of amides is 2. The van der Waals surface area contributed by atoms with Crippen LogP contribution in [0, 0.1) is 11.6 Å². The van der Waals surface area contributed by atoms with Gasteiger partial charge in [0.25, 0.3) is 5.91 Å². The Morgan fingerprint density at radius 3 is 2.33 bits per heavy atom. The Balaban J connectivity index is 1.34. The first kappa shape index (κ1) is 26.3. The number of carbonyl (C=O) groups is 2. The van der Waals surface area contributed by atoms with E-state index in [0.717, 1.165) is 16.0 Å². The van der Waals surface area contributed by atoms with Crippen molar-refractivity contribution in [1.82, 2.24) is 4.98 Å². The number of hydrogen-bond acceptors (Lipinski definition) is 5. The molecular weight excluding hydrogens is 536 g/mol. The maximum Gasteiger partial charge on any atom is 0.258 e. The number of hydrogen-bond donors (Lipinski definition) is 2. The van der Waals surface area contributed by atoms with Crippen molar-refractivity contribution in [2.75, 3.05) is 10.6 Å². The first-order chi connectivity index (χ1) is 19.0. The second-order valence-electron chi connectivity index (χ2n) is 8.40. The summed E-state index contributed by atoms with van der Waals surface area (Å²) < 4.78 is 27.3. The molecule has 1 heterocycles. The van der Waals surface area contributed by atoms with Gasteiger partial charge in [0.2, 0.25) is 5.91 Å². The fourth-order valence-corrected chi connectivity index (χ4v) is 5.59. The number of thioether (sulfide) groups is 1. The minimum absolute atomic E-state index is 0.0550. The van der Waals surface area contributed by atoms with E-state index in [1.807, 2.05) is 36.4 Å². The molecule has 0 fully saturated rings. The van der Waals surface area contributed by atoms with Gasteiger partial charge in [-0.05, 0) is 60.2 Å². The van der Waals surface area contributed by atoms with Gasteiger partial charge >= 0.3 is 0 Å². The summed E-state index contributed by atoms with van der Waals surface area (Å²) in [5.74, 6) is -1.77. The third kappa shape index (κ3) is 6.57. The molecule has 0 aliphatic rings. The number of carbonyl (C=O) groups excluding carboxylic acids is 2. The van der Waals surface area contributed by atoms with Crippen LogP contribution in [-0.4, -0.2) is 16.8 Å². The number of thiazole rings is 1. The predicted octanol–water partition coefficient (Wildman–Crippen LogP) is 7.81. The highest BCUT2D eigenvalue weighted by Crippen LogP contribution is 2.38. The summed E-state index contributed by atoms with van der Waals surface area (Å²) in [6, 6.07) is 28.1. The van der Waals surface area contributed by atoms with E-state index in [1.54, 1.807) is 41.8 Å². The number of halogens is 2. The highest BCUT2D eigenvalue weighted by Gasteiger charge is 2.23. The van der Waals surface area contributed by atoms with E-state index in [0.29, 0.717) is 16.5 Å². The lowest BCUT2D eigenvalue weighted by atomic mass is 10.1. The maximum absolute atomic E-state index is 14.0. The Bertz CT molecular complexity index is 1610. The normalized spacial score (nSPS) is 11.5. The molecule has 194 valence electrons. The van der Waals surface area contributed by atoms with Crippen molar-refractivity contribution in [2.45, 2.75) is 10.1 Å². The van der Waals surface area contributed by atoms with Gasteiger partial charge < -0.3 is 10.6 Å². The molecule has 0 radical (unpaired) electrons. The van der Waals surface area contributed by atoms with E-state index in [9.17, 15) is 18.4 Å². The van der Waals surface area contributed by atoms with Crippen molar-refractivity contribution in [1.29, 1.82) is 0 Å². The fraction of sp³-hybridized carbons (Fsp3) is 0.0333. The molecule has 5 rings (SSSR count). The first-order valence-corrected chi connectivity index (χ1v) is 13.6. The highest BCUT2D eigenvalue weighted by molar-refractivity contribution is 8.00. The smallest absolute Gasteiger partial charge is 0.258 e. The zero-order valence-corrected chi connectivity index (χ0v) is 21.9. The van der Waals surface area contributed by atoms with Crippen LogP contribution in [0.3, 0.4) is 0 Å². The number of rotatable bonds is 8. The van der Waals surface area contributed by atoms with Gasteiger partial charge in [-0.3, -0.25) is 9.59 Å². The molecule has 2 amide bonds. The van der Waals surface area contributed by atoms with Crippen LogP contribution in [0.2, 0.25) is 0 Å². The van der Waals surface area contributed by atoms with Gasteiger partial charge in [-0.2, -0.15) is 0 Å². The Morgan fingerprint density at radius 2 is 1.56 bits per heavy atom. The first-order valence-electron chi connectivity index (χ1n) is 11.9. The Hall–Kier alpha value is -4.34. The second-order valence-corrected chi connectivity index (χ2v) is 10.4. The third-order valence-corrected chi connectivity index (χ3v) is 7.68. The minimum atomic E-state index is -0.623. The fourth-order valence-electron chi connectivity index (χ4n) is 3.78. The molecule has 0 bridgehead atoms. The van der Waals surface area contributed by atoms with Crippen molar-refractivity contribution in [2.24, 2.45) is 0 Å². The van der Waals surface area contributed by atoms with Gasteiger partial charge in [0.05, 0.1) is 11.3 Å². The van der Waals surface area contributed by atoms with E-state index < -0.39 is 17.0 Å². The van der Waals surface area contributed by atoms with E-state index >= 15 is 0 Å². The molecule has 9 heteroatoms. The number of nitrogens with zero attached hydrogens (tertiary/aromatic N) is 1. The molecular formula is C30H21F2N3O2S2. The van der Waals surface area contributed by atoms with Gasteiger partial charge in [0, 0.05) is 21.5 Å². The quantitative estimate of drug-likeness (QED) is 0.191. The van der Waals surface area contributed by atoms with Crippen LogP contribution in [0.5, 0.6) is 0 Å². The van der Waals surface area contributed by atoms with E-state index in [4.69, 9.17) is 0 Å². The highest BCUT2D eigenvalue weighted by atomic mass is 32.2. The largest absolute Gasteiger partial charge is 0.322 e. The zero-order valence-electron chi connectivity index (χ0n) is 20.3. The molecule has 2 N–H and O–H groups in total. The second kappa shape index (κ2) is 12.0. The number of aromatic nitrogens is 1. The van der Waals surface area contributed by atoms with E-state index in [-0.39, 0.29) is 17.3 Å². The van der Waals surface area contributed by atoms with Crippen LogP contribution in [0.4, 0.5) is 19.6 Å². The SMILES string of the molecule is O=C(Nc1cccc(SC(C(=O)Nc2nc(-c3ccc(F)cc3)cs2)c2ccccc2)c1)c1ccccc1F. The van der Waals surface area contributed by atoms with Gasteiger partial charge in [0.1, 0.15) is 16.9 Å². The predicted molar refractivity (Wildman–Crippen MR) is 152 cm³/mol. The molecule has 1 unspecified atom stereocenters. The Labute approximate surface area is 231 Å². The van der Waals surface area contributed by atoms with Gasteiger partial charge in [-0.1, -0.05) is 48.5 Å². The third-order valence-electron chi connectivity index (χ3n) is 5.68. The van der Waals surface area contributed by atoms with Gasteiger partial charge in [-0.15, -0.1) is 23.1 Å². The van der Waals surface area contributed by atoms with Gasteiger partial charge in [0.15, 0.2) is 5.13 Å². The summed E-state index contributed by atoms with van der Waals surface area (Å²) in [5, 5.41) is 7.22.